The van der Waals surface area contributed by atoms with Gasteiger partial charge in [0, 0.05) is 23.3 Å². The Hall–Kier alpha value is -0.510. The van der Waals surface area contributed by atoms with Crippen LogP contribution < -0.4 is 5.32 Å². The topological polar surface area (TPSA) is 21.3 Å². The van der Waals surface area contributed by atoms with E-state index in [2.05, 4.69) is 42.6 Å². The molecule has 0 saturated heterocycles. The van der Waals surface area contributed by atoms with Crippen LogP contribution in [0.4, 0.5) is 0 Å². The summed E-state index contributed by atoms with van der Waals surface area (Å²) in [7, 11) is 0. The molecule has 0 amide bonds. The van der Waals surface area contributed by atoms with E-state index < -0.39 is 0 Å². The molecule has 2 nitrogen and oxygen atoms in total. The second kappa shape index (κ2) is 9.51. The van der Waals surface area contributed by atoms with Gasteiger partial charge in [-0.1, -0.05) is 25.1 Å². The van der Waals surface area contributed by atoms with Crippen molar-refractivity contribution in [2.45, 2.75) is 31.2 Å². The summed E-state index contributed by atoms with van der Waals surface area (Å²) in [5.41, 5.74) is 0. The van der Waals surface area contributed by atoms with Gasteiger partial charge in [-0.25, -0.2) is 0 Å². The van der Waals surface area contributed by atoms with Gasteiger partial charge in [0.1, 0.15) is 0 Å². The average Bonchev–Trinajstić information content (AvgIpc) is 2.39. The van der Waals surface area contributed by atoms with Crippen LogP contribution in [0.3, 0.4) is 0 Å². The first-order valence-corrected chi connectivity index (χ1v) is 7.34. The minimum Gasteiger partial charge on any atom is -0.380 e. The van der Waals surface area contributed by atoms with Gasteiger partial charge in [-0.2, -0.15) is 0 Å². The van der Waals surface area contributed by atoms with Crippen molar-refractivity contribution in [3.63, 3.8) is 0 Å². The number of benzene rings is 1. The Morgan fingerprint density at radius 1 is 1.24 bits per heavy atom. The molecule has 0 saturated carbocycles. The molecule has 1 atom stereocenters. The van der Waals surface area contributed by atoms with Crippen molar-refractivity contribution < 1.29 is 4.74 Å². The van der Waals surface area contributed by atoms with Crippen LogP contribution >= 0.6 is 11.8 Å². The van der Waals surface area contributed by atoms with Crippen LogP contribution in [0.5, 0.6) is 0 Å². The first-order valence-electron chi connectivity index (χ1n) is 6.35. The predicted molar refractivity (Wildman–Crippen MR) is 75.7 cm³/mol. The smallest absolute Gasteiger partial charge is 0.0627 e. The predicted octanol–water partition coefficient (Wildman–Crippen LogP) is 3.18. The lowest BCUT2D eigenvalue weighted by Crippen LogP contribution is -2.36. The van der Waals surface area contributed by atoms with Crippen molar-refractivity contribution in [1.82, 2.24) is 5.32 Å². The molecule has 1 rings (SSSR count). The van der Waals surface area contributed by atoms with Gasteiger partial charge in [-0.15, -0.1) is 11.8 Å². The van der Waals surface area contributed by atoms with Crippen molar-refractivity contribution >= 4 is 11.8 Å². The summed E-state index contributed by atoms with van der Waals surface area (Å²) >= 11 is 1.89. The van der Waals surface area contributed by atoms with Gasteiger partial charge < -0.3 is 10.1 Å². The van der Waals surface area contributed by atoms with E-state index in [-0.39, 0.29) is 0 Å². The SMILES string of the molecule is CCCNC(COCC)CSc1ccccc1. The second-order valence-electron chi connectivity index (χ2n) is 3.93. The van der Waals surface area contributed by atoms with E-state index in [1.807, 2.05) is 18.7 Å². The fourth-order valence-corrected chi connectivity index (χ4v) is 2.45. The van der Waals surface area contributed by atoms with E-state index in [0.717, 1.165) is 25.5 Å². The molecule has 3 heteroatoms. The lowest BCUT2D eigenvalue weighted by Gasteiger charge is -2.17. The molecular weight excluding hydrogens is 230 g/mol. The van der Waals surface area contributed by atoms with E-state index >= 15 is 0 Å². The molecule has 0 aliphatic carbocycles. The van der Waals surface area contributed by atoms with E-state index in [1.165, 1.54) is 11.3 Å². The van der Waals surface area contributed by atoms with Gasteiger partial charge in [0.15, 0.2) is 0 Å². The Kier molecular flexibility index (Phi) is 8.14. The normalized spacial score (nSPS) is 12.6. The minimum absolute atomic E-state index is 0.445. The number of thioether (sulfide) groups is 1. The number of nitrogens with one attached hydrogen (secondary N) is 1. The first-order chi connectivity index (χ1) is 8.36. The Morgan fingerprint density at radius 2 is 2.00 bits per heavy atom. The van der Waals surface area contributed by atoms with Gasteiger partial charge >= 0.3 is 0 Å². The molecular formula is C14H23NOS. The summed E-state index contributed by atoms with van der Waals surface area (Å²) in [6, 6.07) is 11.0. The number of rotatable bonds is 9. The molecule has 0 radical (unpaired) electrons. The highest BCUT2D eigenvalue weighted by Gasteiger charge is 2.08. The lowest BCUT2D eigenvalue weighted by molar-refractivity contribution is 0.128. The van der Waals surface area contributed by atoms with Crippen molar-refractivity contribution in [3.05, 3.63) is 30.3 Å². The molecule has 0 aromatic heterocycles. The van der Waals surface area contributed by atoms with Crippen molar-refractivity contribution in [2.24, 2.45) is 0 Å². The molecule has 1 unspecified atom stereocenters. The zero-order valence-corrected chi connectivity index (χ0v) is 11.6. The van der Waals surface area contributed by atoms with Crippen LogP contribution in [0.1, 0.15) is 20.3 Å². The highest BCUT2D eigenvalue weighted by Crippen LogP contribution is 2.17. The Labute approximate surface area is 109 Å². The van der Waals surface area contributed by atoms with Crippen molar-refractivity contribution in [2.75, 3.05) is 25.5 Å². The van der Waals surface area contributed by atoms with Gasteiger partial charge in [-0.05, 0) is 32.0 Å². The van der Waals surface area contributed by atoms with Gasteiger partial charge in [0.25, 0.3) is 0 Å². The largest absolute Gasteiger partial charge is 0.380 e. The molecule has 0 spiro atoms. The first kappa shape index (κ1) is 14.6. The van der Waals surface area contributed by atoms with Crippen LogP contribution in [0.2, 0.25) is 0 Å². The molecule has 1 aromatic rings. The number of ether oxygens (including phenoxy) is 1. The van der Waals surface area contributed by atoms with Crippen LogP contribution in [0.15, 0.2) is 35.2 Å². The third-order valence-corrected chi connectivity index (χ3v) is 3.58. The third-order valence-electron chi connectivity index (χ3n) is 2.40. The molecule has 0 aliphatic heterocycles. The zero-order valence-electron chi connectivity index (χ0n) is 10.8. The highest BCUT2D eigenvalue weighted by atomic mass is 32.2. The van der Waals surface area contributed by atoms with Crippen molar-refractivity contribution in [1.29, 1.82) is 0 Å². The monoisotopic (exact) mass is 253 g/mol. The Balaban J connectivity index is 2.31. The number of hydrogen-bond donors (Lipinski definition) is 1. The van der Waals surface area contributed by atoms with Gasteiger partial charge in [0.05, 0.1) is 6.61 Å². The summed E-state index contributed by atoms with van der Waals surface area (Å²) in [5, 5.41) is 3.53. The average molecular weight is 253 g/mol. The summed E-state index contributed by atoms with van der Waals surface area (Å²) < 4.78 is 5.51. The second-order valence-corrected chi connectivity index (χ2v) is 5.03. The molecule has 0 fully saturated rings. The summed E-state index contributed by atoms with van der Waals surface area (Å²) in [4.78, 5) is 1.33. The third kappa shape index (κ3) is 6.71. The summed E-state index contributed by atoms with van der Waals surface area (Å²) in [6.07, 6.45) is 1.17. The van der Waals surface area contributed by atoms with Crippen molar-refractivity contribution in [3.8, 4) is 0 Å². The summed E-state index contributed by atoms with van der Waals surface area (Å²) in [5.74, 6) is 1.06. The maximum atomic E-state index is 5.51. The zero-order chi connectivity index (χ0) is 12.3. The minimum atomic E-state index is 0.445. The molecule has 96 valence electrons. The van der Waals surface area contributed by atoms with Crippen LogP contribution in [0.25, 0.3) is 0 Å². The van der Waals surface area contributed by atoms with Crippen LogP contribution in [0, 0.1) is 0 Å². The Bertz CT molecular complexity index is 271. The van der Waals surface area contributed by atoms with E-state index in [4.69, 9.17) is 4.74 Å². The lowest BCUT2D eigenvalue weighted by atomic mass is 10.3. The Morgan fingerprint density at radius 3 is 2.65 bits per heavy atom. The fourth-order valence-electron chi connectivity index (χ4n) is 1.49. The molecule has 17 heavy (non-hydrogen) atoms. The molecule has 0 bridgehead atoms. The number of hydrogen-bond acceptors (Lipinski definition) is 3. The quantitative estimate of drug-likeness (QED) is 0.683. The van der Waals surface area contributed by atoms with E-state index in [1.54, 1.807) is 0 Å². The molecule has 1 aromatic carbocycles. The van der Waals surface area contributed by atoms with Gasteiger partial charge in [-0.3, -0.25) is 0 Å². The fraction of sp³-hybridized carbons (Fsp3) is 0.571. The highest BCUT2D eigenvalue weighted by molar-refractivity contribution is 7.99. The van der Waals surface area contributed by atoms with Crippen LogP contribution in [-0.2, 0) is 4.74 Å². The molecule has 0 heterocycles. The van der Waals surface area contributed by atoms with E-state index in [9.17, 15) is 0 Å². The molecule has 1 N–H and O–H groups in total. The van der Waals surface area contributed by atoms with Gasteiger partial charge in [0.2, 0.25) is 0 Å². The van der Waals surface area contributed by atoms with Crippen LogP contribution in [-0.4, -0.2) is 31.6 Å². The molecule has 0 aliphatic rings. The van der Waals surface area contributed by atoms with E-state index in [0.29, 0.717) is 6.04 Å². The summed E-state index contributed by atoms with van der Waals surface area (Å²) in [6.45, 7) is 6.89. The maximum absolute atomic E-state index is 5.51. The standard InChI is InChI=1S/C14H23NOS/c1-3-10-15-13(11-16-4-2)12-17-14-8-6-5-7-9-14/h5-9,13,15H,3-4,10-12H2,1-2H3. The maximum Gasteiger partial charge on any atom is 0.0627 e.